The van der Waals surface area contributed by atoms with Crippen molar-refractivity contribution in [2.24, 2.45) is 0 Å². The molecule has 0 spiro atoms. The summed E-state index contributed by atoms with van der Waals surface area (Å²) < 4.78 is 13.8. The van der Waals surface area contributed by atoms with E-state index in [1.54, 1.807) is 30.3 Å². The predicted molar refractivity (Wildman–Crippen MR) is 64.2 cm³/mol. The first-order valence-corrected chi connectivity index (χ1v) is 5.24. The van der Waals surface area contributed by atoms with Crippen LogP contribution in [0.25, 0.3) is 0 Å². The molecule has 1 aromatic carbocycles. The molecular formula is C12H11FN4O. The van der Waals surface area contributed by atoms with Crippen LogP contribution >= 0.6 is 0 Å². The Hall–Kier alpha value is -2.50. The summed E-state index contributed by atoms with van der Waals surface area (Å²) in [6.45, 7) is 0. The molecule has 5 nitrogen and oxygen atoms in total. The number of alkyl halides is 1. The Morgan fingerprint density at radius 1 is 1.22 bits per heavy atom. The van der Waals surface area contributed by atoms with Gasteiger partial charge in [-0.25, -0.2) is 14.4 Å². The maximum atomic E-state index is 13.8. The van der Waals surface area contributed by atoms with E-state index in [-0.39, 0.29) is 11.5 Å². The molecule has 6 heteroatoms. The number of carbonyl (C=O) groups excluding carboxylic acids is 1. The Bertz CT molecular complexity index is 530. The second-order valence-corrected chi connectivity index (χ2v) is 3.58. The van der Waals surface area contributed by atoms with E-state index >= 15 is 0 Å². The van der Waals surface area contributed by atoms with Crippen LogP contribution in [0.2, 0.25) is 0 Å². The zero-order chi connectivity index (χ0) is 13.0. The van der Waals surface area contributed by atoms with Gasteiger partial charge < -0.3 is 11.1 Å². The highest BCUT2D eigenvalue weighted by atomic mass is 19.1. The molecule has 2 aromatic rings. The van der Waals surface area contributed by atoms with Crippen molar-refractivity contribution in [3.05, 3.63) is 53.9 Å². The summed E-state index contributed by atoms with van der Waals surface area (Å²) in [6, 6.07) is 8.33. The molecular weight excluding hydrogens is 235 g/mol. The topological polar surface area (TPSA) is 80.9 Å². The number of nitrogens with zero attached hydrogens (tertiary/aromatic N) is 2. The molecule has 0 saturated heterocycles. The van der Waals surface area contributed by atoms with Crippen LogP contribution in [0, 0.1) is 0 Å². The fourth-order valence-electron chi connectivity index (χ4n) is 1.36. The van der Waals surface area contributed by atoms with Crippen molar-refractivity contribution in [1.82, 2.24) is 15.3 Å². The molecule has 1 aromatic heterocycles. The third kappa shape index (κ3) is 2.79. The minimum absolute atomic E-state index is 0.0615. The van der Waals surface area contributed by atoms with Crippen molar-refractivity contribution in [3.63, 3.8) is 0 Å². The average Bonchev–Trinajstić information content (AvgIpc) is 2.40. The molecule has 1 amide bonds. The fourth-order valence-corrected chi connectivity index (χ4v) is 1.36. The van der Waals surface area contributed by atoms with E-state index in [1.165, 1.54) is 12.4 Å². The number of hydrogen-bond donors (Lipinski definition) is 2. The molecule has 92 valence electrons. The maximum absolute atomic E-state index is 13.8. The van der Waals surface area contributed by atoms with Gasteiger partial charge in [0.15, 0.2) is 6.30 Å². The van der Waals surface area contributed by atoms with Crippen molar-refractivity contribution in [2.75, 3.05) is 5.73 Å². The highest BCUT2D eigenvalue weighted by molar-refractivity contribution is 5.93. The normalized spacial score (nSPS) is 11.8. The van der Waals surface area contributed by atoms with Crippen LogP contribution in [0.5, 0.6) is 0 Å². The van der Waals surface area contributed by atoms with Crippen LogP contribution in [0.1, 0.15) is 22.2 Å². The summed E-state index contributed by atoms with van der Waals surface area (Å²) in [5.74, 6) is -0.530. The zero-order valence-electron chi connectivity index (χ0n) is 9.38. The summed E-state index contributed by atoms with van der Waals surface area (Å²) in [5, 5.41) is 2.21. The number of amides is 1. The quantitative estimate of drug-likeness (QED) is 0.803. The monoisotopic (exact) mass is 246 g/mol. The van der Waals surface area contributed by atoms with Gasteiger partial charge in [-0.2, -0.15) is 0 Å². The minimum Gasteiger partial charge on any atom is -0.368 e. The summed E-state index contributed by atoms with van der Waals surface area (Å²) in [5.41, 5.74) is 5.82. The van der Waals surface area contributed by atoms with Crippen LogP contribution in [0.4, 0.5) is 10.3 Å². The van der Waals surface area contributed by atoms with Gasteiger partial charge in [-0.05, 0) is 0 Å². The van der Waals surface area contributed by atoms with E-state index in [0.29, 0.717) is 5.56 Å². The Morgan fingerprint density at radius 2 is 1.83 bits per heavy atom. The highest BCUT2D eigenvalue weighted by Crippen LogP contribution is 2.14. The van der Waals surface area contributed by atoms with Gasteiger partial charge in [0, 0.05) is 18.0 Å². The number of nitrogen functional groups attached to an aromatic ring is 1. The van der Waals surface area contributed by atoms with E-state index in [4.69, 9.17) is 5.73 Å². The second-order valence-electron chi connectivity index (χ2n) is 3.58. The first kappa shape index (κ1) is 12.0. The number of nitrogens with one attached hydrogen (secondary N) is 1. The van der Waals surface area contributed by atoms with Gasteiger partial charge in [-0.3, -0.25) is 4.79 Å². The van der Waals surface area contributed by atoms with Gasteiger partial charge in [-0.15, -0.1) is 0 Å². The molecule has 0 fully saturated rings. The molecule has 3 N–H and O–H groups in total. The van der Waals surface area contributed by atoms with Gasteiger partial charge >= 0.3 is 0 Å². The standard InChI is InChI=1S/C12H11FN4O/c13-10(8-4-2-1-3-5-8)17-11(18)9-6-15-12(14)16-7-9/h1-7,10H,(H,17,18)(H2,14,15,16). The lowest BCUT2D eigenvalue weighted by atomic mass is 10.2. The molecule has 18 heavy (non-hydrogen) atoms. The number of halogens is 1. The van der Waals surface area contributed by atoms with E-state index < -0.39 is 12.2 Å². The van der Waals surface area contributed by atoms with Crippen molar-refractivity contribution in [3.8, 4) is 0 Å². The molecule has 1 atom stereocenters. The molecule has 0 aliphatic rings. The number of hydrogen-bond acceptors (Lipinski definition) is 4. The van der Waals surface area contributed by atoms with E-state index in [2.05, 4.69) is 15.3 Å². The summed E-state index contributed by atoms with van der Waals surface area (Å²) >= 11 is 0. The molecule has 0 radical (unpaired) electrons. The SMILES string of the molecule is Nc1ncc(C(=O)NC(F)c2ccccc2)cn1. The molecule has 0 saturated carbocycles. The van der Waals surface area contributed by atoms with Crippen molar-refractivity contribution in [2.45, 2.75) is 6.30 Å². The Labute approximate surface area is 103 Å². The third-order valence-electron chi connectivity index (χ3n) is 2.28. The first-order valence-electron chi connectivity index (χ1n) is 5.24. The fraction of sp³-hybridized carbons (Fsp3) is 0.0833. The predicted octanol–water partition coefficient (Wildman–Crippen LogP) is 1.46. The Balaban J connectivity index is 2.06. The van der Waals surface area contributed by atoms with Crippen LogP contribution in [0.15, 0.2) is 42.7 Å². The molecule has 0 aliphatic heterocycles. The van der Waals surface area contributed by atoms with Crippen LogP contribution in [-0.4, -0.2) is 15.9 Å². The van der Waals surface area contributed by atoms with E-state index in [9.17, 15) is 9.18 Å². The van der Waals surface area contributed by atoms with Gasteiger partial charge in [0.05, 0.1) is 5.56 Å². The number of benzene rings is 1. The molecule has 2 rings (SSSR count). The number of carbonyl (C=O) groups is 1. The van der Waals surface area contributed by atoms with Crippen LogP contribution in [0.3, 0.4) is 0 Å². The number of rotatable bonds is 3. The molecule has 1 unspecified atom stereocenters. The number of nitrogens with two attached hydrogens (primary N) is 1. The maximum Gasteiger partial charge on any atom is 0.256 e. The molecule has 1 heterocycles. The Kier molecular flexibility index (Phi) is 3.47. The number of anilines is 1. The minimum atomic E-state index is -1.57. The summed E-state index contributed by atoms with van der Waals surface area (Å²) in [6.07, 6.45) is 0.918. The van der Waals surface area contributed by atoms with Gasteiger partial charge in [-0.1, -0.05) is 30.3 Å². The lowest BCUT2D eigenvalue weighted by molar-refractivity contribution is 0.0893. The molecule has 0 bridgehead atoms. The van der Waals surface area contributed by atoms with E-state index in [0.717, 1.165) is 0 Å². The highest BCUT2D eigenvalue weighted by Gasteiger charge is 2.14. The van der Waals surface area contributed by atoms with Crippen LogP contribution < -0.4 is 11.1 Å². The van der Waals surface area contributed by atoms with E-state index in [1.807, 2.05) is 0 Å². The average molecular weight is 246 g/mol. The number of aromatic nitrogens is 2. The lowest BCUT2D eigenvalue weighted by Gasteiger charge is -2.10. The third-order valence-corrected chi connectivity index (χ3v) is 2.28. The summed E-state index contributed by atoms with van der Waals surface area (Å²) in [7, 11) is 0. The second kappa shape index (κ2) is 5.22. The smallest absolute Gasteiger partial charge is 0.256 e. The molecule has 0 aliphatic carbocycles. The zero-order valence-corrected chi connectivity index (χ0v) is 9.38. The lowest BCUT2D eigenvalue weighted by Crippen LogP contribution is -2.26. The van der Waals surface area contributed by atoms with Gasteiger partial charge in [0.2, 0.25) is 5.95 Å². The van der Waals surface area contributed by atoms with Crippen molar-refractivity contribution in [1.29, 1.82) is 0 Å². The Morgan fingerprint density at radius 3 is 2.44 bits per heavy atom. The van der Waals surface area contributed by atoms with Crippen molar-refractivity contribution < 1.29 is 9.18 Å². The summed E-state index contributed by atoms with van der Waals surface area (Å²) in [4.78, 5) is 19.0. The van der Waals surface area contributed by atoms with Gasteiger partial charge in [0.1, 0.15) is 0 Å². The first-order chi connectivity index (χ1) is 8.66. The van der Waals surface area contributed by atoms with Crippen molar-refractivity contribution >= 4 is 11.9 Å². The largest absolute Gasteiger partial charge is 0.368 e. The van der Waals surface area contributed by atoms with Gasteiger partial charge in [0.25, 0.3) is 5.91 Å². The van der Waals surface area contributed by atoms with Crippen LogP contribution in [-0.2, 0) is 0 Å².